The number of para-hydroxylation sites is 1. The average Bonchev–Trinajstić information content (AvgIpc) is 2.18. The highest BCUT2D eigenvalue weighted by Gasteiger charge is 2.15. The molecular weight excluding hydrogens is 199 g/mol. The Morgan fingerprint density at radius 1 is 1.60 bits per heavy atom. The van der Waals surface area contributed by atoms with Gasteiger partial charge in [-0.3, -0.25) is 4.79 Å². The van der Waals surface area contributed by atoms with Gasteiger partial charge in [-0.15, -0.1) is 0 Å². The second kappa shape index (κ2) is 4.75. The molecule has 1 atom stereocenters. The van der Waals surface area contributed by atoms with Crippen LogP contribution in [-0.4, -0.2) is 30.7 Å². The molecule has 1 aromatic carbocycles. The summed E-state index contributed by atoms with van der Waals surface area (Å²) in [5, 5.41) is 8.60. The van der Waals surface area contributed by atoms with Crippen LogP contribution in [0.5, 0.6) is 0 Å². The van der Waals surface area contributed by atoms with Crippen LogP contribution in [0.3, 0.4) is 0 Å². The highest BCUT2D eigenvalue weighted by atomic mass is 19.1. The van der Waals surface area contributed by atoms with Crippen molar-refractivity contribution in [2.45, 2.75) is 6.04 Å². The maximum absolute atomic E-state index is 13.3. The quantitative estimate of drug-likeness (QED) is 0.770. The molecule has 0 saturated carbocycles. The van der Waals surface area contributed by atoms with Gasteiger partial charge in [-0.05, 0) is 12.1 Å². The molecule has 0 spiro atoms. The van der Waals surface area contributed by atoms with Gasteiger partial charge in [0.05, 0.1) is 5.69 Å². The van der Waals surface area contributed by atoms with Gasteiger partial charge in [-0.1, -0.05) is 12.1 Å². The van der Waals surface area contributed by atoms with Crippen molar-refractivity contribution >= 4 is 11.7 Å². The second-order valence-corrected chi connectivity index (χ2v) is 3.28. The largest absolute Gasteiger partial charge is 0.480 e. The number of anilines is 1. The Morgan fingerprint density at radius 2 is 2.20 bits per heavy atom. The van der Waals surface area contributed by atoms with E-state index in [-0.39, 0.29) is 6.54 Å². The Kier molecular flexibility index (Phi) is 3.62. The smallest absolute Gasteiger partial charge is 0.322 e. The number of benzene rings is 1. The highest BCUT2D eigenvalue weighted by Crippen LogP contribution is 2.16. The van der Waals surface area contributed by atoms with Crippen LogP contribution in [0.4, 0.5) is 10.1 Å². The molecule has 0 saturated heterocycles. The van der Waals surface area contributed by atoms with Gasteiger partial charge in [0, 0.05) is 13.6 Å². The monoisotopic (exact) mass is 212 g/mol. The predicted octanol–water partition coefficient (Wildman–Crippen LogP) is 0.674. The van der Waals surface area contributed by atoms with Crippen molar-refractivity contribution in [2.75, 3.05) is 18.5 Å². The van der Waals surface area contributed by atoms with Crippen LogP contribution in [-0.2, 0) is 4.79 Å². The van der Waals surface area contributed by atoms with Crippen LogP contribution in [0.15, 0.2) is 24.3 Å². The van der Waals surface area contributed by atoms with E-state index in [0.717, 1.165) is 0 Å². The van der Waals surface area contributed by atoms with Gasteiger partial charge in [-0.25, -0.2) is 4.39 Å². The minimum atomic E-state index is -1.10. The lowest BCUT2D eigenvalue weighted by Crippen LogP contribution is -2.41. The van der Waals surface area contributed by atoms with Crippen molar-refractivity contribution < 1.29 is 14.3 Å². The number of hydrogen-bond acceptors (Lipinski definition) is 3. The maximum Gasteiger partial charge on any atom is 0.322 e. The van der Waals surface area contributed by atoms with Gasteiger partial charge in [0.25, 0.3) is 0 Å². The van der Waals surface area contributed by atoms with Crippen molar-refractivity contribution in [3.63, 3.8) is 0 Å². The Labute approximate surface area is 87.1 Å². The third kappa shape index (κ3) is 2.92. The topological polar surface area (TPSA) is 66.6 Å². The molecule has 1 aromatic rings. The van der Waals surface area contributed by atoms with Gasteiger partial charge in [0.15, 0.2) is 0 Å². The Bertz CT molecular complexity index is 357. The first-order valence-electron chi connectivity index (χ1n) is 4.46. The van der Waals surface area contributed by atoms with Gasteiger partial charge < -0.3 is 15.7 Å². The van der Waals surface area contributed by atoms with Gasteiger partial charge in [-0.2, -0.15) is 0 Å². The Balaban J connectivity index is 2.73. The summed E-state index contributed by atoms with van der Waals surface area (Å²) in [6, 6.07) is 5.13. The molecule has 4 nitrogen and oxygen atoms in total. The molecular formula is C10H13FN2O2. The van der Waals surface area contributed by atoms with Crippen LogP contribution in [0.1, 0.15) is 0 Å². The molecule has 0 fully saturated rings. The van der Waals surface area contributed by atoms with Crippen LogP contribution in [0.2, 0.25) is 0 Å². The van der Waals surface area contributed by atoms with Crippen molar-refractivity contribution in [3.05, 3.63) is 30.1 Å². The third-order valence-electron chi connectivity index (χ3n) is 2.05. The number of carbonyl (C=O) groups is 1. The van der Waals surface area contributed by atoms with E-state index >= 15 is 0 Å². The van der Waals surface area contributed by atoms with Crippen LogP contribution < -0.4 is 10.6 Å². The summed E-state index contributed by atoms with van der Waals surface area (Å²) in [6.07, 6.45) is 0. The zero-order valence-corrected chi connectivity index (χ0v) is 8.35. The molecule has 0 amide bonds. The third-order valence-corrected chi connectivity index (χ3v) is 2.05. The van der Waals surface area contributed by atoms with E-state index in [4.69, 9.17) is 10.8 Å². The molecule has 0 aliphatic rings. The first-order valence-corrected chi connectivity index (χ1v) is 4.46. The number of likely N-dealkylation sites (N-methyl/N-ethyl adjacent to an activating group) is 1. The maximum atomic E-state index is 13.3. The van der Waals surface area contributed by atoms with Crippen LogP contribution >= 0.6 is 0 Å². The van der Waals surface area contributed by atoms with Crippen molar-refractivity contribution in [1.29, 1.82) is 0 Å². The molecule has 5 heteroatoms. The molecule has 0 bridgehead atoms. The van der Waals surface area contributed by atoms with E-state index in [1.807, 2.05) is 0 Å². The first-order chi connectivity index (χ1) is 7.02. The normalized spacial score (nSPS) is 12.2. The molecule has 0 heterocycles. The lowest BCUT2D eigenvalue weighted by molar-refractivity contribution is -0.138. The van der Waals surface area contributed by atoms with Gasteiger partial charge in [0.1, 0.15) is 11.9 Å². The fraction of sp³-hybridized carbons (Fsp3) is 0.300. The summed E-state index contributed by atoms with van der Waals surface area (Å²) >= 11 is 0. The summed E-state index contributed by atoms with van der Waals surface area (Å²) in [6.45, 7) is 0.0657. The van der Waals surface area contributed by atoms with Crippen molar-refractivity contribution in [2.24, 2.45) is 5.73 Å². The van der Waals surface area contributed by atoms with Crippen molar-refractivity contribution in [1.82, 2.24) is 0 Å². The number of hydrogen-bond donors (Lipinski definition) is 2. The van der Waals surface area contributed by atoms with E-state index in [1.54, 1.807) is 25.2 Å². The summed E-state index contributed by atoms with van der Waals surface area (Å²) in [4.78, 5) is 12.0. The number of carboxylic acid groups (broad SMARTS) is 1. The first kappa shape index (κ1) is 11.5. The van der Waals surface area contributed by atoms with Gasteiger partial charge >= 0.3 is 5.97 Å². The number of rotatable bonds is 4. The van der Waals surface area contributed by atoms with E-state index in [2.05, 4.69) is 0 Å². The van der Waals surface area contributed by atoms with E-state index in [9.17, 15) is 9.18 Å². The molecule has 1 rings (SSSR count). The SMILES string of the molecule is CN(CC(N)C(=O)O)c1ccccc1F. The van der Waals surface area contributed by atoms with E-state index < -0.39 is 17.8 Å². The fourth-order valence-corrected chi connectivity index (χ4v) is 1.23. The average molecular weight is 212 g/mol. The zero-order valence-electron chi connectivity index (χ0n) is 8.35. The molecule has 3 N–H and O–H groups in total. The minimum absolute atomic E-state index is 0.0657. The molecule has 0 radical (unpaired) electrons. The number of nitrogens with zero attached hydrogens (tertiary/aromatic N) is 1. The number of aliphatic carboxylic acids is 1. The van der Waals surface area contributed by atoms with Crippen LogP contribution in [0.25, 0.3) is 0 Å². The molecule has 82 valence electrons. The fourth-order valence-electron chi connectivity index (χ4n) is 1.23. The number of nitrogens with two attached hydrogens (primary N) is 1. The number of carboxylic acids is 1. The lowest BCUT2D eigenvalue weighted by Gasteiger charge is -2.21. The predicted molar refractivity (Wildman–Crippen MR) is 55.3 cm³/mol. The second-order valence-electron chi connectivity index (χ2n) is 3.28. The van der Waals surface area contributed by atoms with Crippen molar-refractivity contribution in [3.8, 4) is 0 Å². The zero-order chi connectivity index (χ0) is 11.4. The van der Waals surface area contributed by atoms with E-state index in [1.165, 1.54) is 11.0 Å². The Morgan fingerprint density at radius 3 is 2.73 bits per heavy atom. The molecule has 15 heavy (non-hydrogen) atoms. The molecule has 0 aliphatic heterocycles. The summed E-state index contributed by atoms with van der Waals surface area (Å²) < 4.78 is 13.3. The van der Waals surface area contributed by atoms with E-state index in [0.29, 0.717) is 5.69 Å². The Hall–Kier alpha value is -1.62. The molecule has 1 unspecified atom stereocenters. The highest BCUT2D eigenvalue weighted by molar-refractivity contribution is 5.74. The minimum Gasteiger partial charge on any atom is -0.480 e. The van der Waals surface area contributed by atoms with Gasteiger partial charge in [0.2, 0.25) is 0 Å². The molecule has 0 aromatic heterocycles. The standard InChI is InChI=1S/C10H13FN2O2/c1-13(6-8(12)10(14)15)9-5-3-2-4-7(9)11/h2-5,8H,6,12H2,1H3,(H,14,15). The summed E-state index contributed by atoms with van der Waals surface area (Å²) in [5.41, 5.74) is 5.68. The summed E-state index contributed by atoms with van der Waals surface area (Å²) in [7, 11) is 1.60. The number of halogens is 1. The lowest BCUT2D eigenvalue weighted by atomic mass is 10.2. The molecule has 0 aliphatic carbocycles. The van der Waals surface area contributed by atoms with Crippen LogP contribution in [0, 0.1) is 5.82 Å². The summed E-state index contributed by atoms with van der Waals surface area (Å²) in [5.74, 6) is -1.49.